The molecule has 0 fully saturated rings. The molecule has 0 aromatic rings. The summed E-state index contributed by atoms with van der Waals surface area (Å²) >= 11 is 0. The topological polar surface area (TPSA) is 224 Å². The van der Waals surface area contributed by atoms with Gasteiger partial charge in [0.1, 0.15) is 12.1 Å². The van der Waals surface area contributed by atoms with Crippen LogP contribution in [-0.4, -0.2) is 70.4 Å². The van der Waals surface area contributed by atoms with Crippen LogP contribution >= 0.6 is 7.82 Å². The van der Waals surface area contributed by atoms with Crippen molar-refractivity contribution < 1.29 is 38.6 Å². The Bertz CT molecular complexity index is 632. The van der Waals surface area contributed by atoms with Gasteiger partial charge in [-0.15, -0.1) is 0 Å². The molecule has 0 aliphatic heterocycles. The lowest BCUT2D eigenvalue weighted by atomic mass is 9.95. The number of hydrogen-bond donors (Lipinski definition) is 7. The molecular formula is C25H55N4O8P. The molecule has 0 aromatic carbocycles. The highest BCUT2D eigenvalue weighted by Crippen LogP contribution is 2.35. The zero-order valence-corrected chi connectivity index (χ0v) is 24.4. The summed E-state index contributed by atoms with van der Waals surface area (Å²) in [4.78, 5) is 31.2. The number of carbonyl (C=O) groups is 1. The van der Waals surface area contributed by atoms with Gasteiger partial charge in [-0.25, -0.2) is 4.57 Å². The number of hydrogen-bond acceptors (Lipinski definition) is 7. The molecule has 0 aliphatic carbocycles. The van der Waals surface area contributed by atoms with Gasteiger partial charge in [-0.05, 0) is 31.6 Å². The first-order chi connectivity index (χ1) is 17.9. The van der Waals surface area contributed by atoms with Crippen molar-refractivity contribution in [3.63, 3.8) is 0 Å². The second-order valence-electron chi connectivity index (χ2n) is 9.64. The van der Waals surface area contributed by atoms with E-state index in [0.29, 0.717) is 31.9 Å². The van der Waals surface area contributed by atoms with Crippen LogP contribution < -0.4 is 17.2 Å². The lowest BCUT2D eigenvalue weighted by Gasteiger charge is -2.19. The van der Waals surface area contributed by atoms with Crippen molar-refractivity contribution >= 4 is 19.8 Å². The average Bonchev–Trinajstić information content (AvgIpc) is 2.84. The van der Waals surface area contributed by atoms with Crippen LogP contribution in [0.5, 0.6) is 0 Å². The lowest BCUT2D eigenvalue weighted by Crippen LogP contribution is -2.30. The first kappa shape index (κ1) is 38.9. The Morgan fingerprint density at radius 3 is 1.87 bits per heavy atom. The molecule has 0 amide bonds. The van der Waals surface area contributed by atoms with Crippen LogP contribution in [-0.2, 0) is 18.6 Å². The fourth-order valence-electron chi connectivity index (χ4n) is 3.63. The Hall–Kier alpha value is -1.27. The Labute approximate surface area is 229 Å². The molecule has 13 heteroatoms. The Balaban J connectivity index is 0. The number of aliphatic carboxylic acids is 1. The highest BCUT2D eigenvalue weighted by Gasteiger charge is 2.17. The number of aliphatic hydroxyl groups excluding tert-OH is 1. The molecule has 0 saturated heterocycles. The third-order valence-corrected chi connectivity index (χ3v) is 6.30. The van der Waals surface area contributed by atoms with Gasteiger partial charge in [-0.3, -0.25) is 14.3 Å². The van der Waals surface area contributed by atoms with Gasteiger partial charge in [0.05, 0.1) is 13.2 Å². The first-order valence-corrected chi connectivity index (χ1v) is 15.5. The molecule has 0 saturated carbocycles. The Morgan fingerprint density at radius 2 is 1.37 bits per heavy atom. The molecule has 0 heterocycles. The number of aliphatic hydroxyl groups is 1. The predicted molar refractivity (Wildman–Crippen MR) is 151 cm³/mol. The summed E-state index contributed by atoms with van der Waals surface area (Å²) in [6.07, 6.45) is 14.9. The number of phosphoric ester groups is 1. The van der Waals surface area contributed by atoms with Crippen molar-refractivity contribution in [3.8, 4) is 0 Å². The Kier molecular flexibility index (Phi) is 26.6. The predicted octanol–water partition coefficient (Wildman–Crippen LogP) is 3.26. The fourth-order valence-corrected chi connectivity index (χ4v) is 4.00. The molecule has 2 unspecified atom stereocenters. The van der Waals surface area contributed by atoms with E-state index in [1.165, 1.54) is 64.2 Å². The van der Waals surface area contributed by atoms with Crippen molar-refractivity contribution in [3.05, 3.63) is 0 Å². The van der Waals surface area contributed by atoms with Crippen LogP contribution in [0.1, 0.15) is 104 Å². The van der Waals surface area contributed by atoms with E-state index >= 15 is 0 Å². The number of unbranched alkanes of at least 4 members (excludes halogenated alkanes) is 8. The molecule has 12 nitrogen and oxygen atoms in total. The van der Waals surface area contributed by atoms with Crippen molar-refractivity contribution in [2.45, 2.75) is 116 Å². The van der Waals surface area contributed by atoms with Crippen LogP contribution in [0.3, 0.4) is 0 Å². The monoisotopic (exact) mass is 570 g/mol. The van der Waals surface area contributed by atoms with Gasteiger partial charge in [-0.1, -0.05) is 78.1 Å². The van der Waals surface area contributed by atoms with Crippen LogP contribution in [0.15, 0.2) is 4.99 Å². The normalized spacial score (nSPS) is 13.7. The largest absolute Gasteiger partial charge is 0.480 e. The minimum Gasteiger partial charge on any atom is -0.480 e. The summed E-state index contributed by atoms with van der Waals surface area (Å²) in [7, 11) is -4.53. The van der Waals surface area contributed by atoms with E-state index in [9.17, 15) is 14.5 Å². The molecule has 38 heavy (non-hydrogen) atoms. The molecule has 0 radical (unpaired) electrons. The van der Waals surface area contributed by atoms with Crippen LogP contribution in [0.4, 0.5) is 0 Å². The third-order valence-electron chi connectivity index (χ3n) is 5.82. The number of nitrogens with two attached hydrogens (primary N) is 3. The summed E-state index contributed by atoms with van der Waals surface area (Å²) in [6.45, 7) is 5.07. The summed E-state index contributed by atoms with van der Waals surface area (Å²) in [5, 5.41) is 18.1. The number of phosphoric acid groups is 1. The first-order valence-electron chi connectivity index (χ1n) is 13.9. The number of aliphatic imine (C=N–C) groups is 1. The molecule has 10 N–H and O–H groups in total. The number of nitrogens with zero attached hydrogens (tertiary/aromatic N) is 1. The Morgan fingerprint density at radius 1 is 0.842 bits per heavy atom. The van der Waals surface area contributed by atoms with Crippen LogP contribution in [0.25, 0.3) is 0 Å². The van der Waals surface area contributed by atoms with Gasteiger partial charge in [0.15, 0.2) is 5.96 Å². The summed E-state index contributed by atoms with van der Waals surface area (Å²) in [5.41, 5.74) is 15.3. The minimum absolute atomic E-state index is 0.0129. The van der Waals surface area contributed by atoms with Crippen molar-refractivity contribution in [1.29, 1.82) is 0 Å². The maximum atomic E-state index is 10.6. The van der Waals surface area contributed by atoms with Gasteiger partial charge < -0.3 is 41.9 Å². The van der Waals surface area contributed by atoms with Crippen molar-refractivity contribution in [1.82, 2.24) is 0 Å². The second-order valence-corrected chi connectivity index (χ2v) is 10.9. The SMILES string of the molecule is CCCCCCCCC(CCCCCC)COCC(O)COP(=O)(O)O.NC(N)=NCCC[C@H](N)C(=O)O. The zero-order chi connectivity index (χ0) is 29.2. The van der Waals surface area contributed by atoms with E-state index in [-0.39, 0.29) is 12.6 Å². The quantitative estimate of drug-likeness (QED) is 0.0386. The van der Waals surface area contributed by atoms with Gasteiger partial charge in [0, 0.05) is 13.2 Å². The molecule has 0 rings (SSSR count). The molecule has 0 bridgehead atoms. The maximum absolute atomic E-state index is 10.6. The van der Waals surface area contributed by atoms with Crippen molar-refractivity contribution in [2.75, 3.05) is 26.4 Å². The van der Waals surface area contributed by atoms with E-state index in [1.807, 2.05) is 0 Å². The summed E-state index contributed by atoms with van der Waals surface area (Å²) in [5.74, 6) is -0.494. The molecule has 0 aliphatic rings. The van der Waals surface area contributed by atoms with Gasteiger partial charge >= 0.3 is 13.8 Å². The minimum atomic E-state index is -4.53. The molecule has 0 spiro atoms. The van der Waals surface area contributed by atoms with Gasteiger partial charge in [-0.2, -0.15) is 0 Å². The molecule has 3 atom stereocenters. The zero-order valence-electron chi connectivity index (χ0n) is 23.5. The molecule has 0 aromatic heterocycles. The van der Waals surface area contributed by atoms with Crippen LogP contribution in [0, 0.1) is 5.92 Å². The number of ether oxygens (including phenoxy) is 1. The molecule has 228 valence electrons. The summed E-state index contributed by atoms with van der Waals surface area (Å²) < 4.78 is 20.5. The smallest absolute Gasteiger partial charge is 0.469 e. The highest BCUT2D eigenvalue weighted by atomic mass is 31.2. The number of rotatable bonds is 24. The van der Waals surface area contributed by atoms with E-state index in [4.69, 9.17) is 36.8 Å². The lowest BCUT2D eigenvalue weighted by molar-refractivity contribution is -0.138. The van der Waals surface area contributed by atoms with Crippen LogP contribution in [0.2, 0.25) is 0 Å². The average molecular weight is 571 g/mol. The van der Waals surface area contributed by atoms with E-state index in [2.05, 4.69) is 23.4 Å². The number of carboxylic acids is 1. The van der Waals surface area contributed by atoms with Crippen molar-refractivity contribution in [2.24, 2.45) is 28.1 Å². The van der Waals surface area contributed by atoms with Gasteiger partial charge in [0.25, 0.3) is 0 Å². The van der Waals surface area contributed by atoms with E-state index < -0.39 is 32.5 Å². The number of guanidine groups is 1. The molecular weight excluding hydrogens is 515 g/mol. The van der Waals surface area contributed by atoms with E-state index in [0.717, 1.165) is 12.8 Å². The fraction of sp³-hybridized carbons (Fsp3) is 0.920. The third kappa shape index (κ3) is 31.0. The van der Waals surface area contributed by atoms with Gasteiger partial charge in [0.2, 0.25) is 0 Å². The highest BCUT2D eigenvalue weighted by molar-refractivity contribution is 7.46. The standard InChI is InChI=1S/C19H41O6P.C6H14N4O2/c1-3-5-7-9-10-12-14-18(13-11-8-6-4-2)15-24-16-19(20)17-25-26(21,22)23;7-4(5(11)12)2-1-3-10-6(8)9/h18-20H,3-17H2,1-2H3,(H2,21,22,23);4H,1-3,7H2,(H,11,12)(H4,8,9,10)/t;4-/m.0/s1. The maximum Gasteiger partial charge on any atom is 0.469 e. The second kappa shape index (κ2) is 26.0. The number of carboxylic acid groups (broad SMARTS) is 1. The summed E-state index contributed by atoms with van der Waals surface area (Å²) in [6, 6.07) is -0.820. The van der Waals surface area contributed by atoms with E-state index in [1.54, 1.807) is 0 Å².